The van der Waals surface area contributed by atoms with Crippen molar-refractivity contribution in [1.82, 2.24) is 0 Å². The number of esters is 1. The highest BCUT2D eigenvalue weighted by atomic mass is 19.4. The van der Waals surface area contributed by atoms with E-state index in [4.69, 9.17) is 20.9 Å². The quantitative estimate of drug-likeness (QED) is 0.0586. The summed E-state index contributed by atoms with van der Waals surface area (Å²) in [5.41, 5.74) is 12.9. The van der Waals surface area contributed by atoms with Crippen molar-refractivity contribution in [3.05, 3.63) is 94.6 Å². The lowest BCUT2D eigenvalue weighted by Gasteiger charge is -2.18. The van der Waals surface area contributed by atoms with E-state index in [2.05, 4.69) is 0 Å². The number of carboxylic acid groups (broad SMARTS) is 1. The number of nitrogens with two attached hydrogens (primary N) is 2. The summed E-state index contributed by atoms with van der Waals surface area (Å²) in [5.74, 6) is -2.03. The van der Waals surface area contributed by atoms with Crippen molar-refractivity contribution in [2.24, 2.45) is 0 Å². The van der Waals surface area contributed by atoms with E-state index in [0.717, 1.165) is 11.6 Å². The Balaban J connectivity index is 1.47. The normalized spacial score (nSPS) is 11.9. The number of hydrogen-bond donors (Lipinski definition) is 3. The molecule has 0 aliphatic heterocycles. The molecule has 5 N–H and O–H groups in total. The zero-order chi connectivity index (χ0) is 31.6. The first-order valence-electron chi connectivity index (χ1n) is 13.3. The molecule has 230 valence electrons. The van der Waals surface area contributed by atoms with Crippen LogP contribution >= 0.6 is 0 Å². The summed E-state index contributed by atoms with van der Waals surface area (Å²) in [5, 5.41) is 9.34. The van der Waals surface area contributed by atoms with Gasteiger partial charge in [-0.15, -0.1) is 0 Å². The molecule has 0 aliphatic rings. The highest BCUT2D eigenvalue weighted by molar-refractivity contribution is 5.92. The maximum Gasteiger partial charge on any atom is 0.426 e. The molecule has 0 amide bonds. The molecular weight excluding hydrogens is 575 g/mol. The number of rotatable bonds is 14. The molecule has 0 aliphatic carbocycles. The lowest BCUT2D eigenvalue weighted by molar-refractivity contribution is -0.185. The number of hydrogen-bond acceptors (Lipinski definition) is 6. The molecule has 0 saturated carbocycles. The van der Waals surface area contributed by atoms with Crippen LogP contribution in [-0.4, -0.2) is 29.8 Å². The van der Waals surface area contributed by atoms with Crippen LogP contribution in [0.1, 0.15) is 58.3 Å². The summed E-state index contributed by atoms with van der Waals surface area (Å²) in [6.45, 7) is -0.137. The van der Waals surface area contributed by atoms with Crippen molar-refractivity contribution in [2.45, 2.75) is 50.8 Å². The first-order valence-corrected chi connectivity index (χ1v) is 13.3. The minimum atomic E-state index is -4.17. The molecule has 43 heavy (non-hydrogen) atoms. The molecule has 0 unspecified atom stereocenters. The van der Waals surface area contributed by atoms with Gasteiger partial charge in [-0.05, 0) is 78.4 Å². The van der Waals surface area contributed by atoms with Gasteiger partial charge >= 0.3 is 24.2 Å². The zero-order valence-corrected chi connectivity index (χ0v) is 23.0. The lowest BCUT2D eigenvalue weighted by atomic mass is 10.0. The van der Waals surface area contributed by atoms with Gasteiger partial charge in [-0.1, -0.05) is 30.7 Å². The molecule has 3 aromatic rings. The van der Waals surface area contributed by atoms with E-state index in [1.165, 1.54) is 66.7 Å². The van der Waals surface area contributed by atoms with Crippen molar-refractivity contribution in [2.75, 3.05) is 18.1 Å². The van der Waals surface area contributed by atoms with Gasteiger partial charge in [-0.2, -0.15) is 22.0 Å². The molecule has 0 radical (unpaired) electrons. The van der Waals surface area contributed by atoms with Crippen molar-refractivity contribution in [3.8, 4) is 5.75 Å². The van der Waals surface area contributed by atoms with E-state index in [0.29, 0.717) is 30.4 Å². The summed E-state index contributed by atoms with van der Waals surface area (Å²) < 4.78 is 76.0. The third-order valence-corrected chi connectivity index (χ3v) is 6.39. The second kappa shape index (κ2) is 14.5. The average Bonchev–Trinajstić information content (AvgIpc) is 2.93. The fourth-order valence-corrected chi connectivity index (χ4v) is 4.20. The fourth-order valence-electron chi connectivity index (χ4n) is 4.20. The highest BCUT2D eigenvalue weighted by Gasteiger charge is 2.34. The predicted molar refractivity (Wildman–Crippen MR) is 152 cm³/mol. The largest absolute Gasteiger partial charge is 0.478 e. The molecule has 0 bridgehead atoms. The fraction of sp³-hybridized carbons (Fsp3) is 0.290. The number of aromatic carboxylic acids is 1. The summed E-state index contributed by atoms with van der Waals surface area (Å²) in [6, 6.07) is 13.7. The molecule has 3 aromatic carbocycles. The Morgan fingerprint density at radius 3 is 2.16 bits per heavy atom. The van der Waals surface area contributed by atoms with E-state index in [1.54, 1.807) is 0 Å². The third-order valence-electron chi connectivity index (χ3n) is 6.39. The van der Waals surface area contributed by atoms with Gasteiger partial charge in [0.05, 0.1) is 17.7 Å². The smallest absolute Gasteiger partial charge is 0.426 e. The van der Waals surface area contributed by atoms with Crippen molar-refractivity contribution >= 4 is 29.4 Å². The van der Waals surface area contributed by atoms with Crippen molar-refractivity contribution < 1.29 is 46.1 Å². The second-order valence-corrected chi connectivity index (χ2v) is 9.75. The molecule has 0 atom stereocenters. The molecule has 0 fully saturated rings. The number of unbranched alkanes of at least 4 members (excludes halogenated alkanes) is 2. The molecule has 3 rings (SSSR count). The van der Waals surface area contributed by atoms with Gasteiger partial charge in [0, 0.05) is 30.3 Å². The van der Waals surface area contributed by atoms with Crippen molar-refractivity contribution in [3.63, 3.8) is 0 Å². The minimum Gasteiger partial charge on any atom is -0.478 e. The molecule has 7 nitrogen and oxygen atoms in total. The van der Waals surface area contributed by atoms with Gasteiger partial charge in [0.2, 0.25) is 0 Å². The Kier molecular flexibility index (Phi) is 11.1. The number of benzene rings is 3. The Morgan fingerprint density at radius 2 is 1.53 bits per heavy atom. The molecule has 0 heterocycles. The zero-order valence-electron chi connectivity index (χ0n) is 23.0. The first-order chi connectivity index (χ1) is 20.2. The monoisotopic (exact) mass is 606 g/mol. The van der Waals surface area contributed by atoms with Gasteiger partial charge in [0.25, 0.3) is 0 Å². The number of anilines is 2. The molecule has 0 spiro atoms. The molecular formula is C31H31F5N2O5. The van der Waals surface area contributed by atoms with Crippen LogP contribution in [0.3, 0.4) is 0 Å². The summed E-state index contributed by atoms with van der Waals surface area (Å²) >= 11 is 0. The van der Waals surface area contributed by atoms with Gasteiger partial charge in [-0.25, -0.2) is 9.59 Å². The SMILES string of the molecule is Nc1cc(N)c(CCOC(=O)C=Cc2ccc(OC(F)(F)c3ccc(CCCCCC(F)(F)F)cc3)cc2)c(C(=O)O)c1. The standard InChI is InChI=1S/C31H31F5N2O5/c32-30(33,34)16-3-1-2-4-20-5-10-22(11-6-20)31(35,36)43-24-12-7-21(8-13-24)9-14-28(39)42-17-15-25-26(29(40)41)18-23(37)19-27(25)38/h5-14,18-19H,1-4,15-17,37-38H2,(H,40,41). The predicted octanol–water partition coefficient (Wildman–Crippen LogP) is 7.14. The number of alkyl halides is 5. The average molecular weight is 607 g/mol. The summed E-state index contributed by atoms with van der Waals surface area (Å²) in [6.07, 6.45) is -4.62. The Bertz CT molecular complexity index is 1420. The van der Waals surface area contributed by atoms with Crippen LogP contribution < -0.4 is 16.2 Å². The Labute approximate surface area is 244 Å². The van der Waals surface area contributed by atoms with Crippen LogP contribution in [0.2, 0.25) is 0 Å². The Hall–Kier alpha value is -4.61. The number of carbonyl (C=O) groups is 2. The van der Waals surface area contributed by atoms with Crippen LogP contribution in [-0.2, 0) is 28.5 Å². The van der Waals surface area contributed by atoms with E-state index >= 15 is 0 Å². The van der Waals surface area contributed by atoms with E-state index in [1.807, 2.05) is 0 Å². The molecule has 0 saturated heterocycles. The van der Waals surface area contributed by atoms with E-state index in [9.17, 15) is 36.6 Å². The molecule has 12 heteroatoms. The number of nitrogen functional groups attached to an aromatic ring is 2. The minimum absolute atomic E-state index is 0.0320. The molecule has 0 aromatic heterocycles. The number of halogens is 5. The Morgan fingerprint density at radius 1 is 0.860 bits per heavy atom. The van der Waals surface area contributed by atoms with Gasteiger partial charge < -0.3 is 26.0 Å². The second-order valence-electron chi connectivity index (χ2n) is 9.75. The lowest BCUT2D eigenvalue weighted by Crippen LogP contribution is -2.21. The van der Waals surface area contributed by atoms with Crippen LogP contribution in [0.25, 0.3) is 6.08 Å². The van der Waals surface area contributed by atoms with E-state index < -0.39 is 30.6 Å². The van der Waals surface area contributed by atoms with Crippen LogP contribution in [0, 0.1) is 0 Å². The number of ether oxygens (including phenoxy) is 2. The topological polar surface area (TPSA) is 125 Å². The highest BCUT2D eigenvalue weighted by Crippen LogP contribution is 2.32. The van der Waals surface area contributed by atoms with Gasteiger partial charge in [0.1, 0.15) is 5.75 Å². The van der Waals surface area contributed by atoms with Crippen molar-refractivity contribution in [1.29, 1.82) is 0 Å². The number of carbonyl (C=O) groups excluding carboxylic acids is 1. The van der Waals surface area contributed by atoms with Crippen LogP contribution in [0.5, 0.6) is 5.75 Å². The summed E-state index contributed by atoms with van der Waals surface area (Å²) in [7, 11) is 0. The summed E-state index contributed by atoms with van der Waals surface area (Å²) in [4.78, 5) is 23.5. The number of carboxylic acids is 1. The first kappa shape index (κ1) is 32.9. The van der Waals surface area contributed by atoms with Gasteiger partial charge in [-0.3, -0.25) is 0 Å². The maximum atomic E-state index is 14.7. The maximum absolute atomic E-state index is 14.7. The van der Waals surface area contributed by atoms with E-state index in [-0.39, 0.29) is 47.7 Å². The van der Waals surface area contributed by atoms with Crippen LogP contribution in [0.15, 0.2) is 66.7 Å². The number of aryl methyl sites for hydroxylation is 1. The van der Waals surface area contributed by atoms with Crippen LogP contribution in [0.4, 0.5) is 33.3 Å². The van der Waals surface area contributed by atoms with Gasteiger partial charge in [0.15, 0.2) is 0 Å². The third kappa shape index (κ3) is 10.6.